The zero-order valence-electron chi connectivity index (χ0n) is 17.0. The molecule has 1 heterocycles. The Morgan fingerprint density at radius 2 is 2.03 bits per heavy atom. The van der Waals surface area contributed by atoms with Gasteiger partial charge in [-0.3, -0.25) is 4.79 Å². The number of phenolic OH excluding ortho intramolecular Hbond substituents is 1. The summed E-state index contributed by atoms with van der Waals surface area (Å²) in [6, 6.07) is 13.2. The maximum atomic E-state index is 11.7. The van der Waals surface area contributed by atoms with Crippen LogP contribution in [-0.4, -0.2) is 20.8 Å². The highest BCUT2D eigenvalue weighted by Crippen LogP contribution is 2.34. The Labute approximate surface area is 179 Å². The number of nitriles is 1. The fourth-order valence-corrected chi connectivity index (χ4v) is 3.32. The molecule has 0 saturated carbocycles. The van der Waals surface area contributed by atoms with Crippen molar-refractivity contribution in [3.63, 3.8) is 0 Å². The molecular weight excluding hydrogens is 402 g/mol. The lowest BCUT2D eigenvalue weighted by Crippen LogP contribution is -2.11. The van der Waals surface area contributed by atoms with Gasteiger partial charge < -0.3 is 15.7 Å². The summed E-state index contributed by atoms with van der Waals surface area (Å²) in [4.78, 5) is 11.7. The first-order chi connectivity index (χ1) is 14.3. The normalized spacial score (nSPS) is 10.5. The number of carbonyl (C=O) groups is 1. The number of rotatable bonds is 6. The Morgan fingerprint density at radius 1 is 1.30 bits per heavy atom. The average molecular weight is 424 g/mol. The molecule has 3 aromatic rings. The summed E-state index contributed by atoms with van der Waals surface area (Å²) in [7, 11) is 0. The molecule has 30 heavy (non-hydrogen) atoms. The Balaban J connectivity index is 1.96. The van der Waals surface area contributed by atoms with Crippen LogP contribution in [0.15, 0.2) is 36.4 Å². The maximum Gasteiger partial charge on any atom is 0.224 e. The number of amides is 1. The third kappa shape index (κ3) is 4.24. The van der Waals surface area contributed by atoms with Crippen LogP contribution in [0.1, 0.15) is 35.7 Å². The van der Waals surface area contributed by atoms with Crippen LogP contribution in [0, 0.1) is 25.2 Å². The van der Waals surface area contributed by atoms with Gasteiger partial charge in [-0.15, -0.1) is 0 Å². The van der Waals surface area contributed by atoms with E-state index >= 15 is 0 Å². The number of aromatic hydroxyl groups is 1. The quantitative estimate of drug-likeness (QED) is 0.499. The molecule has 0 fully saturated rings. The first-order valence-electron chi connectivity index (χ1n) is 9.46. The fraction of sp³-hybridized carbons (Fsp3) is 0.227. The largest absolute Gasteiger partial charge is 0.504 e. The Hall–Kier alpha value is -3.50. The van der Waals surface area contributed by atoms with Crippen molar-refractivity contribution in [1.29, 1.82) is 5.26 Å². The SMILES string of the molecule is CCC(=O)Nc1cc(CNc2c(C#N)c(C)nn2-c2ccccc2C)cc(Cl)c1O. The van der Waals surface area contributed by atoms with Gasteiger partial charge in [0.25, 0.3) is 0 Å². The van der Waals surface area contributed by atoms with Gasteiger partial charge in [-0.2, -0.15) is 10.4 Å². The minimum absolute atomic E-state index is 0.129. The smallest absolute Gasteiger partial charge is 0.224 e. The lowest BCUT2D eigenvalue weighted by atomic mass is 10.1. The molecule has 3 N–H and O–H groups in total. The molecule has 0 aliphatic carbocycles. The molecule has 2 aromatic carbocycles. The Morgan fingerprint density at radius 3 is 2.70 bits per heavy atom. The van der Waals surface area contributed by atoms with Gasteiger partial charge in [0.15, 0.2) is 5.75 Å². The van der Waals surface area contributed by atoms with Gasteiger partial charge in [0.1, 0.15) is 17.5 Å². The van der Waals surface area contributed by atoms with Crippen LogP contribution in [0.2, 0.25) is 5.02 Å². The first-order valence-corrected chi connectivity index (χ1v) is 9.84. The van der Waals surface area contributed by atoms with E-state index in [1.165, 1.54) is 0 Å². The minimum atomic E-state index is -0.230. The summed E-state index contributed by atoms with van der Waals surface area (Å²) in [5, 5.41) is 30.3. The molecule has 1 amide bonds. The van der Waals surface area contributed by atoms with Crippen LogP contribution in [-0.2, 0) is 11.3 Å². The number of benzene rings is 2. The van der Waals surface area contributed by atoms with Gasteiger partial charge >= 0.3 is 0 Å². The molecule has 0 spiro atoms. The number of aryl methyl sites for hydroxylation is 2. The van der Waals surface area contributed by atoms with E-state index in [4.69, 9.17) is 11.6 Å². The molecule has 0 aliphatic rings. The molecule has 0 radical (unpaired) electrons. The molecule has 3 rings (SSSR count). The maximum absolute atomic E-state index is 11.7. The third-order valence-corrected chi connectivity index (χ3v) is 4.98. The van der Waals surface area contributed by atoms with Crippen molar-refractivity contribution >= 4 is 29.0 Å². The molecule has 1 aromatic heterocycles. The number of halogens is 1. The third-order valence-electron chi connectivity index (χ3n) is 4.69. The number of para-hydroxylation sites is 1. The number of hydrogen-bond acceptors (Lipinski definition) is 5. The van der Waals surface area contributed by atoms with Crippen LogP contribution >= 0.6 is 11.6 Å². The summed E-state index contributed by atoms with van der Waals surface area (Å²) >= 11 is 6.14. The molecule has 0 atom stereocenters. The van der Waals surface area contributed by atoms with E-state index in [2.05, 4.69) is 21.8 Å². The van der Waals surface area contributed by atoms with Crippen molar-refractivity contribution in [2.45, 2.75) is 33.7 Å². The van der Waals surface area contributed by atoms with Gasteiger partial charge in [-0.25, -0.2) is 4.68 Å². The number of phenols is 1. The van der Waals surface area contributed by atoms with Crippen molar-refractivity contribution < 1.29 is 9.90 Å². The average Bonchev–Trinajstić information content (AvgIpc) is 3.05. The predicted molar refractivity (Wildman–Crippen MR) is 117 cm³/mol. The van der Waals surface area contributed by atoms with Crippen LogP contribution in [0.4, 0.5) is 11.5 Å². The molecule has 7 nitrogen and oxygen atoms in total. The van der Waals surface area contributed by atoms with Crippen LogP contribution < -0.4 is 10.6 Å². The van der Waals surface area contributed by atoms with Gasteiger partial charge in [0.05, 0.1) is 22.1 Å². The van der Waals surface area contributed by atoms with Gasteiger partial charge in [0.2, 0.25) is 5.91 Å². The number of aromatic nitrogens is 2. The van der Waals surface area contributed by atoms with E-state index in [1.807, 2.05) is 31.2 Å². The standard InChI is InChI=1S/C22H22ClN5O2/c1-4-20(29)26-18-10-15(9-17(23)21(18)30)12-25-22-16(11-24)14(3)27-28(22)19-8-6-5-7-13(19)2/h5-10,25,30H,4,12H2,1-3H3,(H,26,29). The predicted octanol–water partition coefficient (Wildman–Crippen LogP) is 4.68. The lowest BCUT2D eigenvalue weighted by molar-refractivity contribution is -0.115. The zero-order chi connectivity index (χ0) is 21.8. The number of nitrogens with one attached hydrogen (secondary N) is 2. The minimum Gasteiger partial charge on any atom is -0.504 e. The summed E-state index contributed by atoms with van der Waals surface area (Å²) in [5.41, 5.74) is 3.91. The molecule has 8 heteroatoms. The van der Waals surface area contributed by atoms with E-state index in [-0.39, 0.29) is 28.8 Å². The van der Waals surface area contributed by atoms with Gasteiger partial charge in [-0.05, 0) is 43.2 Å². The van der Waals surface area contributed by atoms with Crippen LogP contribution in [0.25, 0.3) is 5.69 Å². The van der Waals surface area contributed by atoms with E-state index < -0.39 is 0 Å². The second kappa shape index (κ2) is 8.89. The monoisotopic (exact) mass is 423 g/mol. The highest BCUT2D eigenvalue weighted by molar-refractivity contribution is 6.32. The lowest BCUT2D eigenvalue weighted by Gasteiger charge is -2.14. The molecule has 0 saturated heterocycles. The number of anilines is 2. The molecular formula is C22H22ClN5O2. The number of carbonyl (C=O) groups excluding carboxylic acids is 1. The van der Waals surface area contributed by atoms with Crippen LogP contribution in [0.3, 0.4) is 0 Å². The second-order valence-electron chi connectivity index (χ2n) is 6.85. The highest BCUT2D eigenvalue weighted by Gasteiger charge is 2.18. The summed E-state index contributed by atoms with van der Waals surface area (Å²) in [6.45, 7) is 5.79. The first kappa shape index (κ1) is 21.2. The molecule has 0 bridgehead atoms. The Kier molecular flexibility index (Phi) is 6.28. The van der Waals surface area contributed by atoms with E-state index in [0.29, 0.717) is 23.6 Å². The van der Waals surface area contributed by atoms with Crippen molar-refractivity contribution in [2.24, 2.45) is 0 Å². The highest BCUT2D eigenvalue weighted by atomic mass is 35.5. The van der Waals surface area contributed by atoms with Crippen molar-refractivity contribution in [3.05, 3.63) is 63.8 Å². The van der Waals surface area contributed by atoms with E-state index in [0.717, 1.165) is 16.8 Å². The number of nitrogens with zero attached hydrogens (tertiary/aromatic N) is 3. The molecule has 0 aliphatic heterocycles. The zero-order valence-corrected chi connectivity index (χ0v) is 17.7. The Bertz CT molecular complexity index is 1150. The molecule has 154 valence electrons. The van der Waals surface area contributed by atoms with E-state index in [9.17, 15) is 15.2 Å². The van der Waals surface area contributed by atoms with Gasteiger partial charge in [0, 0.05) is 13.0 Å². The topological polar surface area (TPSA) is 103 Å². The summed E-state index contributed by atoms with van der Waals surface area (Å²) in [6.07, 6.45) is 0.278. The fourth-order valence-electron chi connectivity index (χ4n) is 3.08. The van der Waals surface area contributed by atoms with Crippen molar-refractivity contribution in [3.8, 4) is 17.5 Å². The van der Waals surface area contributed by atoms with E-state index in [1.54, 1.807) is 30.7 Å². The summed E-state index contributed by atoms with van der Waals surface area (Å²) in [5.74, 6) is 0.153. The van der Waals surface area contributed by atoms with Gasteiger partial charge in [-0.1, -0.05) is 36.7 Å². The number of hydrogen-bond donors (Lipinski definition) is 3. The van der Waals surface area contributed by atoms with Crippen LogP contribution in [0.5, 0.6) is 5.75 Å². The molecule has 0 unspecified atom stereocenters. The second-order valence-corrected chi connectivity index (χ2v) is 7.26. The van der Waals surface area contributed by atoms with Crippen molar-refractivity contribution in [1.82, 2.24) is 9.78 Å². The van der Waals surface area contributed by atoms with Crippen molar-refractivity contribution in [2.75, 3.05) is 10.6 Å². The summed E-state index contributed by atoms with van der Waals surface area (Å²) < 4.78 is 1.71.